The van der Waals surface area contributed by atoms with Gasteiger partial charge in [0, 0.05) is 22.3 Å². The third-order valence-electron chi connectivity index (χ3n) is 3.64. The van der Waals surface area contributed by atoms with Crippen LogP contribution in [-0.4, -0.2) is 20.6 Å². The molecule has 0 radical (unpaired) electrons. The minimum absolute atomic E-state index is 0.193. The van der Waals surface area contributed by atoms with Crippen molar-refractivity contribution in [2.45, 2.75) is 17.5 Å². The van der Waals surface area contributed by atoms with E-state index in [4.69, 9.17) is 0 Å². The van der Waals surface area contributed by atoms with E-state index in [1.165, 1.54) is 54.8 Å². The van der Waals surface area contributed by atoms with E-state index in [2.05, 4.69) is 19.0 Å². The highest BCUT2D eigenvalue weighted by atomic mass is 32.2. The van der Waals surface area contributed by atoms with Crippen molar-refractivity contribution < 1.29 is 30.7 Å². The Morgan fingerprint density at radius 1 is 1.04 bits per heavy atom. The number of hydrogen-bond donors (Lipinski definition) is 0. The quantitative estimate of drug-likeness (QED) is 0.527. The predicted molar refractivity (Wildman–Crippen MR) is 90.6 cm³/mol. The fraction of sp³-hybridized carbons (Fsp3) is 0.176. The smallest absolute Gasteiger partial charge is 0.329 e. The lowest BCUT2D eigenvalue weighted by molar-refractivity contribution is -0.159. The molecule has 0 amide bonds. The average Bonchev–Trinajstić information content (AvgIpc) is 3.13. The van der Waals surface area contributed by atoms with Crippen LogP contribution in [-0.2, 0) is 15.9 Å². The van der Waals surface area contributed by atoms with Crippen molar-refractivity contribution in [3.05, 3.63) is 60.0 Å². The normalized spacial score (nSPS) is 14.1. The van der Waals surface area contributed by atoms with Crippen LogP contribution in [0.5, 0.6) is 0 Å². The monoisotopic (exact) mass is 417 g/mol. The van der Waals surface area contributed by atoms with E-state index in [-0.39, 0.29) is 27.5 Å². The summed E-state index contributed by atoms with van der Waals surface area (Å²) in [6, 6.07) is 10.6. The minimum atomic E-state index is -4.74. The first-order chi connectivity index (χ1) is 13.1. The molecule has 1 heterocycles. The zero-order valence-corrected chi connectivity index (χ0v) is 15.0. The molecular formula is C17H12F5N3O2S. The minimum Gasteiger partial charge on any atom is -0.329 e. The summed E-state index contributed by atoms with van der Waals surface area (Å²) in [6.45, 7) is 0. The van der Waals surface area contributed by atoms with Gasteiger partial charge in [0.25, 0.3) is 6.43 Å². The first-order valence-electron chi connectivity index (χ1n) is 7.68. The van der Waals surface area contributed by atoms with Gasteiger partial charge in [0.15, 0.2) is 0 Å². The van der Waals surface area contributed by atoms with Crippen molar-refractivity contribution in [3.8, 4) is 11.4 Å². The highest BCUT2D eigenvalue weighted by molar-refractivity contribution is 7.93. The number of rotatable bonds is 4. The molecule has 0 saturated carbocycles. The van der Waals surface area contributed by atoms with Crippen molar-refractivity contribution in [3.63, 3.8) is 0 Å². The largest absolute Gasteiger partial charge is 0.471 e. The van der Waals surface area contributed by atoms with Gasteiger partial charge in [-0.2, -0.15) is 22.5 Å². The summed E-state index contributed by atoms with van der Waals surface area (Å²) in [4.78, 5) is 3.55. The third-order valence-corrected chi connectivity index (χ3v) is 5.35. The van der Waals surface area contributed by atoms with Crippen LogP contribution in [0.15, 0.2) is 62.3 Å². The van der Waals surface area contributed by atoms with Gasteiger partial charge in [0.1, 0.15) is 0 Å². The van der Waals surface area contributed by atoms with Crippen LogP contribution >= 0.6 is 0 Å². The van der Waals surface area contributed by atoms with E-state index in [9.17, 15) is 26.2 Å². The standard InChI is InChI=1S/C17H12F5N3O2S/c1-28(26,13-8-4-10(5-9-13)14(18)19)25-12-6-2-11(3-7-12)15-23-16(27-24-15)17(20,21)22/h2-9,14H,1H3. The van der Waals surface area contributed by atoms with Crippen LogP contribution in [0.3, 0.4) is 0 Å². The predicted octanol–water partition coefficient (Wildman–Crippen LogP) is 5.48. The molecule has 0 aliphatic rings. The molecule has 0 N–H and O–H groups in total. The van der Waals surface area contributed by atoms with Crippen molar-refractivity contribution in [2.75, 3.05) is 6.26 Å². The van der Waals surface area contributed by atoms with E-state index >= 15 is 0 Å². The highest BCUT2D eigenvalue weighted by Gasteiger charge is 2.38. The fourth-order valence-corrected chi connectivity index (χ4v) is 3.52. The van der Waals surface area contributed by atoms with Crippen molar-refractivity contribution in [1.82, 2.24) is 10.1 Å². The van der Waals surface area contributed by atoms with Gasteiger partial charge in [-0.15, -0.1) is 0 Å². The van der Waals surface area contributed by atoms with E-state index < -0.39 is 28.2 Å². The molecule has 148 valence electrons. The molecule has 2 aromatic carbocycles. The Labute approximate surface area is 156 Å². The Hall–Kier alpha value is -2.82. The molecule has 1 aromatic heterocycles. The van der Waals surface area contributed by atoms with E-state index in [1.54, 1.807) is 0 Å². The Bertz CT molecular complexity index is 1080. The van der Waals surface area contributed by atoms with Crippen LogP contribution in [0.2, 0.25) is 0 Å². The third kappa shape index (κ3) is 4.35. The molecule has 1 atom stereocenters. The number of nitrogens with zero attached hydrogens (tertiary/aromatic N) is 3. The summed E-state index contributed by atoms with van der Waals surface area (Å²) in [5.74, 6) is -1.71. The van der Waals surface area contributed by atoms with Crippen LogP contribution < -0.4 is 0 Å². The van der Waals surface area contributed by atoms with E-state index in [0.29, 0.717) is 0 Å². The molecule has 5 nitrogen and oxygen atoms in total. The molecular weight excluding hydrogens is 405 g/mol. The number of halogens is 5. The van der Waals surface area contributed by atoms with Crippen LogP contribution in [0.1, 0.15) is 17.9 Å². The molecule has 3 aromatic rings. The molecule has 0 bridgehead atoms. The van der Waals surface area contributed by atoms with Gasteiger partial charge in [0.2, 0.25) is 5.82 Å². The zero-order chi connectivity index (χ0) is 20.5. The van der Waals surface area contributed by atoms with Crippen molar-refractivity contribution >= 4 is 15.4 Å². The van der Waals surface area contributed by atoms with Crippen molar-refractivity contribution in [1.29, 1.82) is 0 Å². The molecule has 3 rings (SSSR count). The molecule has 0 aliphatic carbocycles. The summed E-state index contributed by atoms with van der Waals surface area (Å²) < 4.78 is 83.8. The first-order valence-corrected chi connectivity index (χ1v) is 9.60. The Morgan fingerprint density at radius 3 is 2.14 bits per heavy atom. The van der Waals surface area contributed by atoms with E-state index in [0.717, 1.165) is 0 Å². The molecule has 0 saturated heterocycles. The molecule has 11 heteroatoms. The second-order valence-electron chi connectivity index (χ2n) is 5.73. The molecule has 0 spiro atoms. The number of hydrogen-bond acceptors (Lipinski definition) is 5. The summed E-state index contributed by atoms with van der Waals surface area (Å²) in [5.41, 5.74) is 0.345. The number of benzene rings is 2. The maximum atomic E-state index is 12.8. The molecule has 0 aliphatic heterocycles. The fourth-order valence-electron chi connectivity index (χ4n) is 2.25. The van der Waals surface area contributed by atoms with Gasteiger partial charge in [-0.25, -0.2) is 13.0 Å². The summed E-state index contributed by atoms with van der Waals surface area (Å²) in [7, 11) is -2.92. The molecule has 1 unspecified atom stereocenters. The van der Waals surface area contributed by atoms with E-state index in [1.807, 2.05) is 0 Å². The zero-order valence-electron chi connectivity index (χ0n) is 14.2. The maximum Gasteiger partial charge on any atom is 0.471 e. The van der Waals surface area contributed by atoms with Crippen molar-refractivity contribution in [2.24, 2.45) is 4.36 Å². The summed E-state index contributed by atoms with van der Waals surface area (Å²) in [5, 5.41) is 3.27. The lowest BCUT2D eigenvalue weighted by Gasteiger charge is -2.06. The van der Waals surface area contributed by atoms with Gasteiger partial charge in [0.05, 0.1) is 15.4 Å². The van der Waals surface area contributed by atoms with Crippen LogP contribution in [0.25, 0.3) is 11.4 Å². The first kappa shape index (κ1) is 19.9. The Kier molecular flexibility index (Phi) is 5.20. The lowest BCUT2D eigenvalue weighted by atomic mass is 10.2. The molecule has 0 fully saturated rings. The average molecular weight is 417 g/mol. The van der Waals surface area contributed by atoms with Gasteiger partial charge in [-0.1, -0.05) is 17.3 Å². The van der Waals surface area contributed by atoms with Gasteiger partial charge in [-0.3, -0.25) is 0 Å². The van der Waals surface area contributed by atoms with Crippen LogP contribution in [0, 0.1) is 0 Å². The Morgan fingerprint density at radius 2 is 1.64 bits per heavy atom. The Balaban J connectivity index is 1.86. The maximum absolute atomic E-state index is 12.8. The summed E-state index contributed by atoms with van der Waals surface area (Å²) >= 11 is 0. The SMILES string of the molecule is CS(=O)(=Nc1ccc(-c2noc(C(F)(F)F)n2)cc1)c1ccc(C(F)F)cc1. The summed E-state index contributed by atoms with van der Waals surface area (Å²) in [6.07, 6.45) is -6.02. The number of aromatic nitrogens is 2. The van der Waals surface area contributed by atoms with Gasteiger partial charge >= 0.3 is 12.1 Å². The lowest BCUT2D eigenvalue weighted by Crippen LogP contribution is -2.04. The van der Waals surface area contributed by atoms with Gasteiger partial charge in [-0.05, 0) is 36.4 Å². The molecule has 28 heavy (non-hydrogen) atoms. The second-order valence-corrected chi connectivity index (χ2v) is 7.99. The topological polar surface area (TPSA) is 68.3 Å². The number of alkyl halides is 5. The van der Waals surface area contributed by atoms with Gasteiger partial charge < -0.3 is 4.52 Å². The highest BCUT2D eigenvalue weighted by Crippen LogP contribution is 2.30. The second kappa shape index (κ2) is 7.30. The van der Waals surface area contributed by atoms with Crippen LogP contribution in [0.4, 0.5) is 27.6 Å².